The van der Waals surface area contributed by atoms with Crippen molar-refractivity contribution in [2.75, 3.05) is 36.8 Å². The minimum Gasteiger partial charge on any atom is -0.455 e. The lowest BCUT2D eigenvalue weighted by atomic mass is 9.79. The van der Waals surface area contributed by atoms with Gasteiger partial charge in [-0.25, -0.2) is 18.5 Å². The average Bonchev–Trinajstić information content (AvgIpc) is 3.83. The summed E-state index contributed by atoms with van der Waals surface area (Å²) in [5, 5.41) is 2.73. The number of unbranched alkanes of at least 4 members (excludes halogenated alkanes) is 1. The standard InChI is InChI=1S/C51H61N6O9S/c1-7-9-18-53-23-24-54(29-42(60)52-21-16-32(17-22-52)49(61)66-57-40(58)14-15-41(57)59)48(53)43-38-25-36-31(8-2)27-50(3,4)55-19-10-12-34(44(36)55)46(38)65-47-35-13-11-20-56-45(35)37(26-39(43)47)33(28-51(56,5)6)30-67(62,63)64/h23-28,32H,7-22,29-30H2,1-6H3/q+1/p+1. The lowest BCUT2D eigenvalue weighted by Gasteiger charge is -2.47. The number of imidazole rings is 1. The van der Waals surface area contributed by atoms with Gasteiger partial charge in [-0.2, -0.15) is 8.42 Å². The summed E-state index contributed by atoms with van der Waals surface area (Å²) in [7, 11) is -4.41. The van der Waals surface area contributed by atoms with Crippen LogP contribution in [-0.2, 0) is 60.1 Å². The van der Waals surface area contributed by atoms with Gasteiger partial charge in [-0.15, -0.1) is 5.06 Å². The van der Waals surface area contributed by atoms with Crippen molar-refractivity contribution in [3.05, 3.63) is 80.9 Å². The number of rotatable bonds is 11. The highest BCUT2D eigenvalue weighted by atomic mass is 32.2. The molecule has 3 amide bonds. The first-order chi connectivity index (χ1) is 31.9. The number of aryl methyl sites for hydroxylation is 1. The number of benzene rings is 2. The van der Waals surface area contributed by atoms with Crippen molar-refractivity contribution in [3.63, 3.8) is 0 Å². The molecule has 7 aliphatic rings. The SMILES string of the molecule is CCCCn1cc[n+](CC(=O)N2CCC(C(=O)ON3C(=O)CCC3=O)CC2)c1C1=c2cc3c4c(c2Oc2c1cc1c5c2CCCN5C(C)(C)C=C1CS(=O)(=O)O)CCC[N+]=4C(C)(C)C=C3CC. The van der Waals surface area contributed by atoms with Crippen molar-refractivity contribution in [1.29, 1.82) is 0 Å². The molecule has 10 rings (SSSR count). The zero-order valence-electron chi connectivity index (χ0n) is 39.6. The number of ether oxygens (including phenoxy) is 1. The lowest BCUT2D eigenvalue weighted by molar-refractivity contribution is -0.686. The van der Waals surface area contributed by atoms with Crippen molar-refractivity contribution >= 4 is 56.2 Å². The van der Waals surface area contributed by atoms with Crippen LogP contribution in [-0.4, -0.2) is 94.2 Å². The van der Waals surface area contributed by atoms with Gasteiger partial charge < -0.3 is 19.4 Å². The molecule has 0 unspecified atom stereocenters. The number of nitrogens with zero attached hydrogens (tertiary/aromatic N) is 6. The smallest absolute Gasteiger partial charge is 0.336 e. The number of likely N-dealkylation sites (tertiary alicyclic amines) is 1. The summed E-state index contributed by atoms with van der Waals surface area (Å²) in [5.74, 6) is -0.476. The Hall–Kier alpha value is -5.61. The van der Waals surface area contributed by atoms with Crippen molar-refractivity contribution in [2.45, 2.75) is 136 Å². The summed E-state index contributed by atoms with van der Waals surface area (Å²) in [6.07, 6.45) is 15.2. The van der Waals surface area contributed by atoms with E-state index in [2.05, 4.69) is 73.8 Å². The van der Waals surface area contributed by atoms with E-state index in [0.29, 0.717) is 49.5 Å². The Morgan fingerprint density at radius 1 is 0.896 bits per heavy atom. The summed E-state index contributed by atoms with van der Waals surface area (Å²) in [5.41, 5.74) is 7.85. The average molecular weight is 935 g/mol. The maximum absolute atomic E-state index is 14.6. The van der Waals surface area contributed by atoms with Gasteiger partial charge in [0.2, 0.25) is 5.36 Å². The van der Waals surface area contributed by atoms with Crippen LogP contribution >= 0.6 is 0 Å². The molecule has 16 heteroatoms. The third-order valence-electron chi connectivity index (χ3n) is 15.1. The Kier molecular flexibility index (Phi) is 11.2. The van der Waals surface area contributed by atoms with Crippen LogP contribution in [0.1, 0.15) is 133 Å². The molecule has 1 N–H and O–H groups in total. The van der Waals surface area contributed by atoms with Gasteiger partial charge in [0.1, 0.15) is 36.2 Å². The van der Waals surface area contributed by atoms with E-state index in [9.17, 15) is 32.1 Å². The molecule has 354 valence electrons. The van der Waals surface area contributed by atoms with E-state index in [1.54, 1.807) is 4.90 Å². The number of carbonyl (C=O) groups is 4. The van der Waals surface area contributed by atoms with Crippen LogP contribution in [0, 0.1) is 5.92 Å². The van der Waals surface area contributed by atoms with Crippen LogP contribution in [0.15, 0.2) is 36.7 Å². The van der Waals surface area contributed by atoms with Gasteiger partial charge in [0.05, 0.1) is 40.4 Å². The van der Waals surface area contributed by atoms with Crippen LogP contribution in [0.5, 0.6) is 11.5 Å². The third-order valence-corrected chi connectivity index (χ3v) is 15.7. The van der Waals surface area contributed by atoms with Gasteiger partial charge in [-0.05, 0) is 88.1 Å². The van der Waals surface area contributed by atoms with Gasteiger partial charge in [-0.3, -0.25) is 18.9 Å². The minimum absolute atomic E-state index is 0.0168. The molecular formula is C51H62N6O9S+2. The molecule has 2 aromatic carbocycles. The Labute approximate surface area is 391 Å². The largest absolute Gasteiger partial charge is 0.455 e. The molecule has 0 spiro atoms. The Bertz CT molecular complexity index is 2970. The molecule has 0 radical (unpaired) electrons. The number of fused-ring (bicyclic) bond motifs is 4. The van der Waals surface area contributed by atoms with E-state index >= 15 is 0 Å². The molecule has 0 bridgehead atoms. The molecular weight excluding hydrogens is 873 g/mol. The van der Waals surface area contributed by atoms with Gasteiger partial charge in [0.15, 0.2) is 12.1 Å². The molecule has 7 aliphatic heterocycles. The summed E-state index contributed by atoms with van der Waals surface area (Å²) in [6.45, 7) is 16.1. The maximum Gasteiger partial charge on any atom is 0.336 e. The molecule has 3 aromatic rings. The van der Waals surface area contributed by atoms with Gasteiger partial charge in [-0.1, -0.05) is 26.3 Å². The summed E-state index contributed by atoms with van der Waals surface area (Å²) >= 11 is 0. The van der Waals surface area contributed by atoms with E-state index < -0.39 is 45.1 Å². The van der Waals surface area contributed by atoms with Crippen molar-refractivity contribution in [2.24, 2.45) is 5.92 Å². The highest BCUT2D eigenvalue weighted by Crippen LogP contribution is 2.52. The van der Waals surface area contributed by atoms with Crippen LogP contribution < -0.4 is 29.4 Å². The highest BCUT2D eigenvalue weighted by molar-refractivity contribution is 7.86. The molecule has 2 saturated heterocycles. The Balaban J connectivity index is 1.15. The summed E-state index contributed by atoms with van der Waals surface area (Å²) in [4.78, 5) is 61.3. The van der Waals surface area contributed by atoms with Gasteiger partial charge in [0, 0.05) is 74.7 Å². The van der Waals surface area contributed by atoms with Gasteiger partial charge in [0.25, 0.3) is 33.7 Å². The minimum atomic E-state index is -4.41. The molecule has 1 aromatic heterocycles. The van der Waals surface area contributed by atoms with Gasteiger partial charge >= 0.3 is 5.97 Å². The number of carbonyl (C=O) groups excluding carboxylic acids is 4. The highest BCUT2D eigenvalue weighted by Gasteiger charge is 2.45. The van der Waals surface area contributed by atoms with E-state index in [1.165, 1.54) is 22.1 Å². The molecule has 0 saturated carbocycles. The second-order valence-corrected chi connectivity index (χ2v) is 21.9. The first-order valence-corrected chi connectivity index (χ1v) is 25.8. The fourth-order valence-electron chi connectivity index (χ4n) is 11.9. The number of hydroxylamine groups is 2. The van der Waals surface area contributed by atoms with E-state index in [4.69, 9.17) is 9.57 Å². The van der Waals surface area contributed by atoms with E-state index in [1.807, 2.05) is 23.0 Å². The number of anilines is 1. The fraction of sp³-hybridized carbons (Fsp3) is 0.529. The van der Waals surface area contributed by atoms with Crippen LogP contribution in [0.3, 0.4) is 0 Å². The molecule has 0 atom stereocenters. The quantitative estimate of drug-likeness (QED) is 0.128. The molecule has 2 fully saturated rings. The lowest BCUT2D eigenvalue weighted by Crippen LogP contribution is -2.53. The van der Waals surface area contributed by atoms with Crippen molar-refractivity contribution in [3.8, 4) is 11.5 Å². The number of aromatic nitrogens is 2. The first kappa shape index (κ1) is 45.2. The maximum atomic E-state index is 14.6. The van der Waals surface area contributed by atoms with E-state index in [0.717, 1.165) is 102 Å². The molecule has 15 nitrogen and oxygen atoms in total. The van der Waals surface area contributed by atoms with Crippen LogP contribution in [0.25, 0.3) is 16.7 Å². The Morgan fingerprint density at radius 2 is 1.63 bits per heavy atom. The zero-order chi connectivity index (χ0) is 47.3. The number of hydrogen-bond donors (Lipinski definition) is 1. The molecule has 0 aliphatic carbocycles. The second kappa shape index (κ2) is 16.6. The third kappa shape index (κ3) is 7.71. The predicted molar refractivity (Wildman–Crippen MR) is 251 cm³/mol. The number of piperidine rings is 1. The summed E-state index contributed by atoms with van der Waals surface area (Å²) < 4.78 is 50.1. The van der Waals surface area contributed by atoms with Crippen LogP contribution in [0.4, 0.5) is 5.69 Å². The normalized spacial score (nSPS) is 20.4. The van der Waals surface area contributed by atoms with Crippen molar-refractivity contribution in [1.82, 2.24) is 19.1 Å². The second-order valence-electron chi connectivity index (χ2n) is 20.4. The zero-order valence-corrected chi connectivity index (χ0v) is 40.4. The first-order valence-electron chi connectivity index (χ1n) is 24.2. The molecule has 67 heavy (non-hydrogen) atoms. The number of amides is 3. The van der Waals surface area contributed by atoms with Crippen molar-refractivity contribution < 1.29 is 46.3 Å². The van der Waals surface area contributed by atoms with Crippen LogP contribution in [0.2, 0.25) is 0 Å². The topological polar surface area (TPSA) is 163 Å². The number of imide groups is 1. The number of hydrogen-bond acceptors (Lipinski definition) is 9. The number of allylic oxidation sites excluding steroid dienone is 1. The predicted octanol–water partition coefficient (Wildman–Crippen LogP) is 4.61. The molecule has 8 heterocycles. The summed E-state index contributed by atoms with van der Waals surface area (Å²) in [6, 6.07) is 4.37. The monoisotopic (exact) mass is 934 g/mol. The van der Waals surface area contributed by atoms with E-state index in [-0.39, 0.29) is 30.8 Å². The Morgan fingerprint density at radius 3 is 2.33 bits per heavy atom. The fourth-order valence-corrected chi connectivity index (χ4v) is 12.5.